The largest absolute Gasteiger partial charge is 0.477 e. The van der Waals surface area contributed by atoms with Crippen molar-refractivity contribution in [1.82, 2.24) is 0 Å². The fraction of sp³-hybridized carbons (Fsp3) is 0.726. The van der Waals surface area contributed by atoms with Gasteiger partial charge in [0.05, 0.1) is 34.4 Å². The minimum absolute atomic E-state index is 0.174. The lowest BCUT2D eigenvalue weighted by atomic mass is 10.0. The Hall–Kier alpha value is -4.31. The van der Waals surface area contributed by atoms with Crippen LogP contribution in [0.15, 0.2) is 122 Å². The first-order valence-electron chi connectivity index (χ1n) is 38.7. The van der Waals surface area contributed by atoms with E-state index in [-0.39, 0.29) is 32.2 Å². The summed E-state index contributed by atoms with van der Waals surface area (Å²) in [5, 5.41) is 9.76. The van der Waals surface area contributed by atoms with Crippen LogP contribution in [0, 0.1) is 0 Å². The molecule has 0 aliphatic carbocycles. The normalized spacial score (nSPS) is 13.3. The Morgan fingerprint density at radius 2 is 0.613 bits per heavy atom. The van der Waals surface area contributed by atoms with Gasteiger partial charge in [0.15, 0.2) is 6.10 Å². The van der Waals surface area contributed by atoms with Gasteiger partial charge >= 0.3 is 17.9 Å². The van der Waals surface area contributed by atoms with E-state index in [2.05, 4.69) is 135 Å². The number of quaternary nitrogens is 1. The number of esters is 2. The number of hydrogen-bond acceptors (Lipinski definition) is 7. The van der Waals surface area contributed by atoms with Gasteiger partial charge in [-0.3, -0.25) is 9.59 Å². The van der Waals surface area contributed by atoms with E-state index in [0.717, 1.165) is 96.3 Å². The van der Waals surface area contributed by atoms with Crippen molar-refractivity contribution in [3.05, 3.63) is 122 Å². The van der Waals surface area contributed by atoms with Crippen LogP contribution in [0.4, 0.5) is 0 Å². The van der Waals surface area contributed by atoms with E-state index >= 15 is 0 Å². The molecule has 0 aromatic carbocycles. The van der Waals surface area contributed by atoms with Gasteiger partial charge in [-0.2, -0.15) is 0 Å². The Morgan fingerprint density at radius 1 is 0.333 bits per heavy atom. The van der Waals surface area contributed by atoms with E-state index < -0.39 is 24.3 Å². The zero-order valence-electron chi connectivity index (χ0n) is 61.1. The van der Waals surface area contributed by atoms with E-state index in [0.29, 0.717) is 23.9 Å². The van der Waals surface area contributed by atoms with Crippen LogP contribution in [0.3, 0.4) is 0 Å². The third-order valence-electron chi connectivity index (χ3n) is 16.7. The van der Waals surface area contributed by atoms with Gasteiger partial charge in [0.2, 0.25) is 0 Å². The average Bonchev–Trinajstić information content (AvgIpc) is 3.74. The topological polar surface area (TPSA) is 108 Å². The fourth-order valence-electron chi connectivity index (χ4n) is 10.9. The molecule has 2 atom stereocenters. The Labute approximate surface area is 574 Å². The molecule has 9 heteroatoms. The number of carbonyl (C=O) groups excluding carboxylic acids is 2. The molecule has 0 amide bonds. The third kappa shape index (κ3) is 74.9. The molecule has 0 radical (unpaired) electrons. The molecule has 0 heterocycles. The first-order chi connectivity index (χ1) is 45.6. The van der Waals surface area contributed by atoms with Gasteiger partial charge in [-0.25, -0.2) is 4.79 Å². The van der Waals surface area contributed by atoms with Gasteiger partial charge in [-0.1, -0.05) is 354 Å². The van der Waals surface area contributed by atoms with Crippen molar-refractivity contribution >= 4 is 17.9 Å². The second kappa shape index (κ2) is 73.5. The van der Waals surface area contributed by atoms with Crippen LogP contribution < -0.4 is 0 Å². The van der Waals surface area contributed by atoms with Crippen molar-refractivity contribution in [2.45, 2.75) is 347 Å². The van der Waals surface area contributed by atoms with Gasteiger partial charge < -0.3 is 28.5 Å². The summed E-state index contributed by atoms with van der Waals surface area (Å²) in [4.78, 5) is 37.7. The quantitative estimate of drug-likeness (QED) is 0.0211. The number of allylic oxidation sites excluding steroid dienone is 20. The highest BCUT2D eigenvalue weighted by molar-refractivity contribution is 5.71. The van der Waals surface area contributed by atoms with Gasteiger partial charge in [-0.15, -0.1) is 0 Å². The number of carbonyl (C=O) groups is 3. The number of carboxylic acid groups (broad SMARTS) is 1. The highest BCUT2D eigenvalue weighted by atomic mass is 16.7. The molecule has 534 valence electrons. The number of carboxylic acids is 1. The zero-order chi connectivity index (χ0) is 67.5. The van der Waals surface area contributed by atoms with Crippen LogP contribution in [-0.2, 0) is 33.3 Å². The molecule has 9 nitrogen and oxygen atoms in total. The molecular formula is C84H146NO8+. The first-order valence-corrected chi connectivity index (χ1v) is 38.7. The summed E-state index contributed by atoms with van der Waals surface area (Å²) in [6, 6.07) is 0. The lowest BCUT2D eigenvalue weighted by molar-refractivity contribution is -0.870. The molecule has 0 rings (SSSR count). The number of rotatable bonds is 71. The smallest absolute Gasteiger partial charge is 0.361 e. The average molecular weight is 1300 g/mol. The Balaban J connectivity index is 4.13. The summed E-state index contributed by atoms with van der Waals surface area (Å²) >= 11 is 0. The van der Waals surface area contributed by atoms with Crippen molar-refractivity contribution in [3.63, 3.8) is 0 Å². The van der Waals surface area contributed by atoms with Crippen LogP contribution in [0.2, 0.25) is 0 Å². The zero-order valence-corrected chi connectivity index (χ0v) is 61.1. The molecule has 0 aromatic heterocycles. The second-order valence-corrected chi connectivity index (χ2v) is 26.9. The minimum atomic E-state index is -1.53. The van der Waals surface area contributed by atoms with Gasteiger partial charge in [-0.05, 0) is 89.9 Å². The maximum absolute atomic E-state index is 12.9. The standard InChI is InChI=1S/C84H145NO8/c1-6-8-10-12-14-16-18-20-22-24-26-28-30-32-34-36-38-40-41-43-44-46-48-50-52-54-56-58-60-62-64-66-68-70-72-74-81(86)91-78-80(79-92-84(83(88)89)90-77-76-85(3,4)5)93-82(87)75-73-71-69-67-65-63-61-59-57-55-53-51-49-47-45-42-39-37-35-33-31-29-27-25-23-21-19-17-15-13-11-9-7-2/h9,11,15,17,21,23,27,29,33,35,39,42,47,49,53,55,59,61,65,67,80,84H,6-8,10,12-14,16,18-20,22,24-26,28,30-32,34,36-38,40-41,43-46,48,50-52,54,56-58,60,62-64,66,68-79H2,1-5H3/p+1/b11-9-,17-15-,23-21-,29-27-,35-33-,42-39-,49-47-,55-53-,61-59-,67-65-. The van der Waals surface area contributed by atoms with Crippen LogP contribution in [0.25, 0.3) is 0 Å². The summed E-state index contributed by atoms with van der Waals surface area (Å²) in [5.41, 5.74) is 0. The van der Waals surface area contributed by atoms with Crippen LogP contribution in [0.1, 0.15) is 335 Å². The second-order valence-electron chi connectivity index (χ2n) is 26.9. The first kappa shape index (κ1) is 88.7. The summed E-state index contributed by atoms with van der Waals surface area (Å²) in [6.07, 6.45) is 102. The van der Waals surface area contributed by atoms with Crippen LogP contribution in [-0.4, -0.2) is 87.4 Å². The molecule has 0 bridgehead atoms. The van der Waals surface area contributed by atoms with Crippen LogP contribution >= 0.6 is 0 Å². The predicted octanol–water partition coefficient (Wildman–Crippen LogP) is 24.7. The number of unbranched alkanes of at least 4 members (excludes halogenated alkanes) is 36. The van der Waals surface area contributed by atoms with Crippen molar-refractivity contribution in [2.24, 2.45) is 0 Å². The summed E-state index contributed by atoms with van der Waals surface area (Å²) in [6.45, 7) is 4.74. The lowest BCUT2D eigenvalue weighted by Gasteiger charge is -2.25. The molecule has 0 fully saturated rings. The molecule has 2 unspecified atom stereocenters. The van der Waals surface area contributed by atoms with E-state index in [1.54, 1.807) is 0 Å². The summed E-state index contributed by atoms with van der Waals surface area (Å²) in [7, 11) is 5.96. The predicted molar refractivity (Wildman–Crippen MR) is 401 cm³/mol. The van der Waals surface area contributed by atoms with Gasteiger partial charge in [0, 0.05) is 12.8 Å². The van der Waals surface area contributed by atoms with E-state index in [1.807, 2.05) is 21.1 Å². The highest BCUT2D eigenvalue weighted by Gasteiger charge is 2.25. The van der Waals surface area contributed by atoms with E-state index in [1.165, 1.54) is 205 Å². The van der Waals surface area contributed by atoms with Gasteiger partial charge in [0.25, 0.3) is 6.29 Å². The Kier molecular flexibility index (Phi) is 70.1. The molecule has 0 aliphatic heterocycles. The number of aliphatic carboxylic acids is 1. The van der Waals surface area contributed by atoms with E-state index in [9.17, 15) is 19.5 Å². The molecular weight excluding hydrogens is 1150 g/mol. The SMILES string of the molecule is CC/C=C\C/C=C\C/C=C\C/C=C\C/C=C\C/C=C\C/C=C\C/C=C\C/C=C\C/C=C\CCCCC(=O)OC(COC(=O)CCCCCCCCCCCCCCCCCCCCCCCCCCCCCCCCCCCCC)COC(OCC[N+](C)(C)C)C(=O)O. The maximum atomic E-state index is 12.9. The minimum Gasteiger partial charge on any atom is -0.477 e. The van der Waals surface area contributed by atoms with Crippen LogP contribution in [0.5, 0.6) is 0 Å². The molecule has 0 aliphatic rings. The van der Waals surface area contributed by atoms with Crippen molar-refractivity contribution in [1.29, 1.82) is 0 Å². The number of ether oxygens (including phenoxy) is 4. The van der Waals surface area contributed by atoms with Crippen molar-refractivity contribution < 1.29 is 42.9 Å². The number of hydrogen-bond donors (Lipinski definition) is 1. The maximum Gasteiger partial charge on any atom is 0.361 e. The number of nitrogens with zero attached hydrogens (tertiary/aromatic N) is 1. The molecule has 0 spiro atoms. The van der Waals surface area contributed by atoms with E-state index in [4.69, 9.17) is 18.9 Å². The molecule has 93 heavy (non-hydrogen) atoms. The molecule has 0 aromatic rings. The van der Waals surface area contributed by atoms with Crippen molar-refractivity contribution in [2.75, 3.05) is 47.5 Å². The highest BCUT2D eigenvalue weighted by Crippen LogP contribution is 2.19. The number of likely N-dealkylation sites (N-methyl/N-ethyl adjacent to an activating group) is 1. The Bertz CT molecular complexity index is 1950. The fourth-order valence-corrected chi connectivity index (χ4v) is 10.9. The molecule has 0 saturated heterocycles. The summed E-state index contributed by atoms with van der Waals surface area (Å²) in [5.74, 6) is -2.06. The van der Waals surface area contributed by atoms with Crippen molar-refractivity contribution in [3.8, 4) is 0 Å². The Morgan fingerprint density at radius 3 is 0.914 bits per heavy atom. The lowest BCUT2D eigenvalue weighted by Crippen LogP contribution is -2.40. The molecule has 1 N–H and O–H groups in total. The third-order valence-corrected chi connectivity index (χ3v) is 16.7. The van der Waals surface area contributed by atoms with Gasteiger partial charge in [0.1, 0.15) is 13.2 Å². The summed E-state index contributed by atoms with van der Waals surface area (Å²) < 4.78 is 23.0. The monoisotopic (exact) mass is 1300 g/mol. The molecule has 0 saturated carbocycles.